The second-order valence-corrected chi connectivity index (χ2v) is 7.39. The highest BCUT2D eigenvalue weighted by Crippen LogP contribution is 2.41. The van der Waals surface area contributed by atoms with Gasteiger partial charge >= 0.3 is 0 Å². The lowest BCUT2D eigenvalue weighted by atomic mass is 9.96. The fraction of sp³-hybridized carbons (Fsp3) is 0.190. The maximum absolute atomic E-state index is 14.6. The number of nitrogens with one attached hydrogen (secondary N) is 1. The maximum Gasteiger partial charge on any atom is 0.172 e. The van der Waals surface area contributed by atoms with Crippen LogP contribution in [0.4, 0.5) is 19.0 Å². The van der Waals surface area contributed by atoms with Crippen LogP contribution in [0.5, 0.6) is 11.5 Å². The van der Waals surface area contributed by atoms with Crippen molar-refractivity contribution in [2.24, 2.45) is 0 Å². The molecule has 0 saturated carbocycles. The first-order valence-corrected chi connectivity index (χ1v) is 9.59. The van der Waals surface area contributed by atoms with Gasteiger partial charge < -0.3 is 14.8 Å². The smallest absolute Gasteiger partial charge is 0.172 e. The molecule has 0 fully saturated rings. The van der Waals surface area contributed by atoms with Crippen molar-refractivity contribution in [1.29, 1.82) is 0 Å². The summed E-state index contributed by atoms with van der Waals surface area (Å²) in [6.07, 6.45) is 2.37. The van der Waals surface area contributed by atoms with Gasteiger partial charge in [0.15, 0.2) is 23.0 Å². The Morgan fingerprint density at radius 3 is 2.71 bits per heavy atom. The maximum atomic E-state index is 14.6. The van der Waals surface area contributed by atoms with Crippen molar-refractivity contribution in [2.75, 3.05) is 18.5 Å². The summed E-state index contributed by atoms with van der Waals surface area (Å²) in [6.45, 7) is 0.780. The van der Waals surface area contributed by atoms with E-state index in [2.05, 4.69) is 20.5 Å². The summed E-state index contributed by atoms with van der Waals surface area (Å²) in [7, 11) is 0. The van der Waals surface area contributed by atoms with Gasteiger partial charge in [-0.2, -0.15) is 0 Å². The first kappa shape index (κ1) is 18.0. The number of halogens is 3. The summed E-state index contributed by atoms with van der Waals surface area (Å²) in [6, 6.07) is 5.35. The Labute approximate surface area is 173 Å². The normalized spacial score (nSPS) is 16.9. The molecule has 0 saturated heterocycles. The molecule has 1 atom stereocenters. The molecule has 0 radical (unpaired) electrons. The molecule has 0 amide bonds. The number of aromatic nitrogens is 4. The number of fused-ring (bicyclic) bond motifs is 3. The highest BCUT2D eigenvalue weighted by atomic mass is 19.1. The van der Waals surface area contributed by atoms with Gasteiger partial charge in [0, 0.05) is 23.7 Å². The molecule has 6 rings (SSSR count). The fourth-order valence-corrected chi connectivity index (χ4v) is 4.17. The molecule has 0 aliphatic carbocycles. The number of nitrogens with zero attached hydrogens (tertiary/aromatic N) is 4. The van der Waals surface area contributed by atoms with Gasteiger partial charge in [-0.25, -0.2) is 18.2 Å². The third-order valence-electron chi connectivity index (χ3n) is 5.58. The van der Waals surface area contributed by atoms with E-state index in [1.165, 1.54) is 12.4 Å². The molecule has 0 spiro atoms. The lowest BCUT2D eigenvalue weighted by molar-refractivity contribution is 0.249. The van der Waals surface area contributed by atoms with E-state index in [1.807, 2.05) is 0 Å². The van der Waals surface area contributed by atoms with Crippen molar-refractivity contribution < 1.29 is 22.6 Å². The predicted octanol–water partition coefficient (Wildman–Crippen LogP) is 3.69. The summed E-state index contributed by atoms with van der Waals surface area (Å²) in [5, 5.41) is 11.2. The van der Waals surface area contributed by atoms with Crippen LogP contribution < -0.4 is 14.8 Å². The van der Waals surface area contributed by atoms with Crippen LogP contribution in [0.2, 0.25) is 0 Å². The van der Waals surface area contributed by atoms with Crippen LogP contribution >= 0.6 is 0 Å². The van der Waals surface area contributed by atoms with E-state index in [-0.39, 0.29) is 30.6 Å². The molecular formula is C21H14F3N5O2. The zero-order valence-corrected chi connectivity index (χ0v) is 15.9. The van der Waals surface area contributed by atoms with E-state index in [0.717, 1.165) is 17.8 Å². The summed E-state index contributed by atoms with van der Waals surface area (Å²) in [4.78, 5) is 3.89. The molecule has 0 unspecified atom stereocenters. The van der Waals surface area contributed by atoms with E-state index in [9.17, 15) is 13.2 Å². The summed E-state index contributed by atoms with van der Waals surface area (Å²) < 4.78 is 55.9. The lowest BCUT2D eigenvalue weighted by Gasteiger charge is -2.16. The minimum absolute atomic E-state index is 0.0773. The van der Waals surface area contributed by atoms with Gasteiger partial charge in [-0.15, -0.1) is 10.2 Å². The van der Waals surface area contributed by atoms with E-state index in [4.69, 9.17) is 9.47 Å². The largest absolute Gasteiger partial charge is 0.493 e. The van der Waals surface area contributed by atoms with Crippen molar-refractivity contribution in [2.45, 2.75) is 12.5 Å². The monoisotopic (exact) mass is 425 g/mol. The highest BCUT2D eigenvalue weighted by Gasteiger charge is 2.32. The van der Waals surface area contributed by atoms with E-state index >= 15 is 0 Å². The lowest BCUT2D eigenvalue weighted by Crippen LogP contribution is -2.13. The number of pyridine rings is 2. The standard InChI is InChI=1S/C21H14F3N5O2/c22-11-3-15(24)19(25-5-11)12-4-17-21(29-9-27-28-20(12)29)26-6-13-14(23)1-2-16-18(13)10(7-30-16)8-31-17/h1-5,9-10,26H,6-8H2/t10-/m0/s1. The van der Waals surface area contributed by atoms with Gasteiger partial charge in [0.2, 0.25) is 0 Å². The molecule has 1 N–H and O–H groups in total. The van der Waals surface area contributed by atoms with Gasteiger partial charge in [0.05, 0.1) is 30.9 Å². The summed E-state index contributed by atoms with van der Waals surface area (Å²) in [5.74, 6) is -0.585. The van der Waals surface area contributed by atoms with Crippen molar-refractivity contribution in [3.05, 3.63) is 65.4 Å². The number of rotatable bonds is 1. The summed E-state index contributed by atoms with van der Waals surface area (Å²) >= 11 is 0. The van der Waals surface area contributed by atoms with Crippen LogP contribution in [0.3, 0.4) is 0 Å². The van der Waals surface area contributed by atoms with Crippen molar-refractivity contribution in [1.82, 2.24) is 19.6 Å². The molecule has 1 aromatic carbocycles. The number of ether oxygens (including phenoxy) is 2. The SMILES string of the molecule is Fc1cnc(-c2cc3c(n4cnnc24)NCc2c(F)ccc4c2[C@@H](CO4)CO3)c(F)c1. The van der Waals surface area contributed by atoms with Crippen molar-refractivity contribution >= 4 is 11.5 Å². The molecule has 5 heterocycles. The van der Waals surface area contributed by atoms with Gasteiger partial charge in [0.1, 0.15) is 29.4 Å². The first-order valence-electron chi connectivity index (χ1n) is 9.59. The molecule has 2 aliphatic heterocycles. The molecule has 3 aromatic heterocycles. The quantitative estimate of drug-likeness (QED) is 0.502. The number of hydrogen-bond acceptors (Lipinski definition) is 6. The minimum Gasteiger partial charge on any atom is -0.493 e. The van der Waals surface area contributed by atoms with Gasteiger partial charge in [-0.05, 0) is 18.2 Å². The Morgan fingerprint density at radius 1 is 1.03 bits per heavy atom. The van der Waals surface area contributed by atoms with Crippen LogP contribution in [0.1, 0.15) is 17.0 Å². The van der Waals surface area contributed by atoms with Gasteiger partial charge in [-0.3, -0.25) is 4.40 Å². The van der Waals surface area contributed by atoms with Crippen LogP contribution in [0.15, 0.2) is 36.8 Å². The Morgan fingerprint density at radius 2 is 1.87 bits per heavy atom. The molecule has 0 bridgehead atoms. The average Bonchev–Trinajstić information content (AvgIpc) is 3.40. The molecule has 156 valence electrons. The Balaban J connectivity index is 1.53. The van der Waals surface area contributed by atoms with Crippen LogP contribution in [-0.4, -0.2) is 32.8 Å². The number of benzene rings is 1. The molecule has 10 heteroatoms. The zero-order chi connectivity index (χ0) is 21.1. The average molecular weight is 425 g/mol. The van der Waals surface area contributed by atoms with E-state index in [1.54, 1.807) is 16.5 Å². The minimum atomic E-state index is -0.829. The number of anilines is 1. The molecular weight excluding hydrogens is 411 g/mol. The van der Waals surface area contributed by atoms with Crippen LogP contribution in [0, 0.1) is 17.5 Å². The second kappa shape index (κ2) is 6.59. The topological polar surface area (TPSA) is 73.6 Å². The van der Waals surface area contributed by atoms with Crippen molar-refractivity contribution in [3.8, 4) is 22.8 Å². The van der Waals surface area contributed by atoms with Crippen LogP contribution in [0.25, 0.3) is 16.9 Å². The zero-order valence-electron chi connectivity index (χ0n) is 15.9. The molecule has 4 aromatic rings. The third-order valence-corrected chi connectivity index (χ3v) is 5.58. The molecule has 31 heavy (non-hydrogen) atoms. The van der Waals surface area contributed by atoms with Gasteiger partial charge in [0.25, 0.3) is 0 Å². The predicted molar refractivity (Wildman–Crippen MR) is 104 cm³/mol. The highest BCUT2D eigenvalue weighted by molar-refractivity contribution is 5.80. The molecule has 2 aliphatic rings. The number of hydrogen-bond donors (Lipinski definition) is 1. The third kappa shape index (κ3) is 2.71. The van der Waals surface area contributed by atoms with E-state index in [0.29, 0.717) is 40.7 Å². The van der Waals surface area contributed by atoms with Gasteiger partial charge in [-0.1, -0.05) is 0 Å². The Bertz CT molecular complexity index is 1360. The second-order valence-electron chi connectivity index (χ2n) is 7.39. The first-order chi connectivity index (χ1) is 15.1. The Hall–Kier alpha value is -3.82. The summed E-state index contributed by atoms with van der Waals surface area (Å²) in [5.41, 5.74) is 1.81. The van der Waals surface area contributed by atoms with E-state index < -0.39 is 11.6 Å². The Kier molecular flexibility index (Phi) is 3.83. The van der Waals surface area contributed by atoms with Crippen LogP contribution in [-0.2, 0) is 6.54 Å². The fourth-order valence-electron chi connectivity index (χ4n) is 4.17. The molecule has 7 nitrogen and oxygen atoms in total. The van der Waals surface area contributed by atoms with Crippen molar-refractivity contribution in [3.63, 3.8) is 0 Å².